The first-order valence-corrected chi connectivity index (χ1v) is 17.3. The number of ether oxygens (including phenoxy) is 1. The predicted octanol–water partition coefficient (Wildman–Crippen LogP) is 6.72. The quantitative estimate of drug-likeness (QED) is 0.0584. The molecule has 4 rings (SSSR count). The molecule has 0 fully saturated rings. The van der Waals surface area contributed by atoms with Crippen molar-refractivity contribution in [3.63, 3.8) is 0 Å². The molecule has 10 nitrogen and oxygen atoms in total. The minimum Gasteiger partial charge on any atom is -0.432 e. The molecule has 0 unspecified atom stereocenters. The first-order chi connectivity index (χ1) is 23.8. The zero-order valence-electron chi connectivity index (χ0n) is 31.1. The number of halogens is 3. The minimum atomic E-state index is -3.04. The maximum absolute atomic E-state index is 14.3. The average Bonchev–Trinajstić information content (AvgIpc) is 3.45. The highest BCUT2D eigenvalue weighted by atomic mass is 19.3. The van der Waals surface area contributed by atoms with Crippen molar-refractivity contribution in [3.05, 3.63) is 87.3 Å². The highest BCUT2D eigenvalue weighted by Gasteiger charge is 2.24. The first-order valence-electron chi connectivity index (χ1n) is 17.3. The van der Waals surface area contributed by atoms with E-state index in [1.165, 1.54) is 6.07 Å². The summed E-state index contributed by atoms with van der Waals surface area (Å²) in [6.07, 6.45) is 5.00. The number of nitrogens with zero attached hydrogens (tertiary/aromatic N) is 3. The van der Waals surface area contributed by atoms with Gasteiger partial charge < -0.3 is 32.2 Å². The molecule has 2 heterocycles. The molecule has 0 saturated carbocycles. The Morgan fingerprint density at radius 3 is 2.25 bits per heavy atom. The molecule has 2 aromatic carbocycles. The molecule has 0 aliphatic heterocycles. The standard InChI is InChI=1S/C22H31N7O.C16H24F3NO/c1-14(25-10-5-11-26-20(23)24)15-6-8-17(9-7-15)29-13-16-12-18(22(2,3)4)27-19(16)28-21(29)30;1-10(20)6-5-7-11-8-12(16(2,3)4)14(17)13(9-11)21-15(18)19/h6-9,12-14,25H,5,10-11H2,1-4H3,(H4,23,24,26)(H,27,28,30);8-10,15H,5-7,20H2,1-4H3/t14-;10-/m00/s1. The van der Waals surface area contributed by atoms with Crippen LogP contribution in [0.4, 0.5) is 13.2 Å². The van der Waals surface area contributed by atoms with Gasteiger partial charge in [0.15, 0.2) is 17.5 Å². The van der Waals surface area contributed by atoms with Gasteiger partial charge in [-0.05, 0) is 92.4 Å². The zero-order chi connectivity index (χ0) is 38.1. The molecular weight excluding hydrogens is 657 g/mol. The Hall–Kier alpha value is -4.36. The first kappa shape index (κ1) is 41.1. The van der Waals surface area contributed by atoms with E-state index < -0.39 is 17.8 Å². The maximum atomic E-state index is 14.3. The SMILES string of the molecule is C[C@H](N)CCCc1cc(OC(F)F)c(F)c(C(C)(C)C)c1.C[C@H](NCCCN=C(N)N)c1ccc(-n2cc3cc(C(C)(C)C)[nH]c3nc2=O)cc1. The fraction of sp³-hybridized carbons (Fsp3) is 0.500. The van der Waals surface area contributed by atoms with Crippen LogP contribution in [0.1, 0.15) is 103 Å². The Labute approximate surface area is 299 Å². The van der Waals surface area contributed by atoms with Gasteiger partial charge in [-0.15, -0.1) is 0 Å². The van der Waals surface area contributed by atoms with Crippen molar-refractivity contribution in [2.24, 2.45) is 22.2 Å². The summed E-state index contributed by atoms with van der Waals surface area (Å²) in [4.78, 5) is 24.0. The monoisotopic (exact) mass is 712 g/mol. The summed E-state index contributed by atoms with van der Waals surface area (Å²) in [5.74, 6) is -0.970. The van der Waals surface area contributed by atoms with Gasteiger partial charge in [-0.3, -0.25) is 9.56 Å². The number of nitrogens with two attached hydrogens (primary N) is 3. The molecule has 51 heavy (non-hydrogen) atoms. The number of nitrogens with one attached hydrogen (secondary N) is 2. The topological polar surface area (TPSA) is 162 Å². The Balaban J connectivity index is 0.000000295. The molecule has 4 aromatic rings. The van der Waals surface area contributed by atoms with E-state index in [0.29, 0.717) is 24.2 Å². The van der Waals surface area contributed by atoms with Gasteiger partial charge in [-0.1, -0.05) is 59.7 Å². The summed E-state index contributed by atoms with van der Waals surface area (Å²) in [5.41, 5.74) is 20.3. The summed E-state index contributed by atoms with van der Waals surface area (Å²) >= 11 is 0. The maximum Gasteiger partial charge on any atom is 0.387 e. The second-order valence-electron chi connectivity index (χ2n) is 15.0. The third kappa shape index (κ3) is 12.4. The summed E-state index contributed by atoms with van der Waals surface area (Å²) in [6.45, 7) is 14.3. The van der Waals surface area contributed by atoms with Gasteiger partial charge in [0.25, 0.3) is 0 Å². The fourth-order valence-electron chi connectivity index (χ4n) is 5.39. The Bertz CT molecular complexity index is 1800. The highest BCUT2D eigenvalue weighted by Crippen LogP contribution is 2.33. The number of benzene rings is 2. The van der Waals surface area contributed by atoms with E-state index in [4.69, 9.17) is 17.2 Å². The van der Waals surface area contributed by atoms with Crippen molar-refractivity contribution >= 4 is 17.0 Å². The van der Waals surface area contributed by atoms with E-state index in [-0.39, 0.29) is 34.9 Å². The van der Waals surface area contributed by atoms with Crippen molar-refractivity contribution in [2.75, 3.05) is 13.1 Å². The van der Waals surface area contributed by atoms with E-state index in [1.807, 2.05) is 58.2 Å². The summed E-state index contributed by atoms with van der Waals surface area (Å²) in [5, 5.41) is 4.36. The molecule has 0 aliphatic carbocycles. The van der Waals surface area contributed by atoms with Gasteiger partial charge in [0, 0.05) is 41.3 Å². The number of H-pyrrole nitrogens is 1. The lowest BCUT2D eigenvalue weighted by Gasteiger charge is -2.22. The number of fused-ring (bicyclic) bond motifs is 1. The van der Waals surface area contributed by atoms with Crippen molar-refractivity contribution in [1.82, 2.24) is 19.9 Å². The lowest BCUT2D eigenvalue weighted by molar-refractivity contribution is -0.0524. The van der Waals surface area contributed by atoms with Crippen LogP contribution in [0.15, 0.2) is 58.4 Å². The van der Waals surface area contributed by atoms with Gasteiger partial charge in [0.05, 0.1) is 5.69 Å². The Morgan fingerprint density at radius 2 is 1.69 bits per heavy atom. The molecule has 0 aliphatic rings. The fourth-order valence-corrected chi connectivity index (χ4v) is 5.39. The number of rotatable bonds is 13. The van der Waals surface area contributed by atoms with E-state index in [1.54, 1.807) is 10.6 Å². The van der Waals surface area contributed by atoms with Crippen LogP contribution in [0, 0.1) is 5.82 Å². The number of hydrogen-bond donors (Lipinski definition) is 5. The number of aromatic amines is 1. The van der Waals surface area contributed by atoms with Crippen molar-refractivity contribution in [2.45, 2.75) is 111 Å². The van der Waals surface area contributed by atoms with Gasteiger partial charge >= 0.3 is 12.3 Å². The summed E-state index contributed by atoms with van der Waals surface area (Å²) in [7, 11) is 0. The van der Waals surface area contributed by atoms with Crippen molar-refractivity contribution < 1.29 is 17.9 Å². The second-order valence-corrected chi connectivity index (χ2v) is 15.0. The number of aromatic nitrogens is 3. The van der Waals surface area contributed by atoms with Crippen LogP contribution in [0.3, 0.4) is 0 Å². The lowest BCUT2D eigenvalue weighted by Crippen LogP contribution is -2.24. The number of alkyl halides is 2. The Morgan fingerprint density at radius 1 is 1.02 bits per heavy atom. The van der Waals surface area contributed by atoms with Gasteiger partial charge in [-0.2, -0.15) is 13.8 Å². The van der Waals surface area contributed by atoms with E-state index in [2.05, 4.69) is 58.8 Å². The van der Waals surface area contributed by atoms with Crippen LogP contribution >= 0.6 is 0 Å². The molecule has 0 saturated heterocycles. The predicted molar refractivity (Wildman–Crippen MR) is 200 cm³/mol. The third-order valence-electron chi connectivity index (χ3n) is 8.32. The summed E-state index contributed by atoms with van der Waals surface area (Å²) < 4.78 is 45.0. The molecular formula is C38H55F3N8O2. The van der Waals surface area contributed by atoms with E-state index in [0.717, 1.165) is 53.7 Å². The van der Waals surface area contributed by atoms with Crippen LogP contribution in [0.25, 0.3) is 16.7 Å². The second kappa shape index (κ2) is 17.7. The summed E-state index contributed by atoms with van der Waals surface area (Å²) in [6, 6.07) is 13.3. The van der Waals surface area contributed by atoms with Crippen molar-refractivity contribution in [1.29, 1.82) is 0 Å². The smallest absolute Gasteiger partial charge is 0.387 e. The molecule has 8 N–H and O–H groups in total. The van der Waals surface area contributed by atoms with Crippen molar-refractivity contribution in [3.8, 4) is 11.4 Å². The number of aryl methyl sites for hydroxylation is 1. The van der Waals surface area contributed by atoms with Crippen LogP contribution in [-0.4, -0.2) is 46.2 Å². The van der Waals surface area contributed by atoms with Gasteiger partial charge in [-0.25, -0.2) is 9.18 Å². The third-order valence-corrected chi connectivity index (χ3v) is 8.32. The van der Waals surface area contributed by atoms with Crippen LogP contribution < -0.4 is 32.9 Å². The van der Waals surface area contributed by atoms with Gasteiger partial charge in [0.2, 0.25) is 0 Å². The van der Waals surface area contributed by atoms with E-state index >= 15 is 0 Å². The number of guanidine groups is 1. The Kier molecular flexibility index (Phi) is 14.3. The molecule has 0 amide bonds. The largest absolute Gasteiger partial charge is 0.432 e. The highest BCUT2D eigenvalue weighted by molar-refractivity contribution is 5.76. The molecule has 0 radical (unpaired) electrons. The minimum absolute atomic E-state index is 0.0390. The van der Waals surface area contributed by atoms with Gasteiger partial charge in [0.1, 0.15) is 5.65 Å². The average molecular weight is 713 g/mol. The zero-order valence-corrected chi connectivity index (χ0v) is 31.1. The molecule has 13 heteroatoms. The molecule has 2 atom stereocenters. The molecule has 0 bridgehead atoms. The number of aliphatic imine (C=N–C) groups is 1. The van der Waals surface area contributed by atoms with Crippen LogP contribution in [-0.2, 0) is 17.3 Å². The molecule has 0 spiro atoms. The lowest BCUT2D eigenvalue weighted by atomic mass is 9.85. The van der Waals surface area contributed by atoms with Crippen LogP contribution in [0.5, 0.6) is 5.75 Å². The number of hydrogen-bond acceptors (Lipinski definition) is 6. The molecule has 2 aromatic heterocycles. The normalized spacial score (nSPS) is 13.1. The molecule has 280 valence electrons. The van der Waals surface area contributed by atoms with Crippen LogP contribution in [0.2, 0.25) is 0 Å². The van der Waals surface area contributed by atoms with E-state index in [9.17, 15) is 18.0 Å².